The van der Waals surface area contributed by atoms with E-state index < -0.39 is 9.73 Å². The van der Waals surface area contributed by atoms with Gasteiger partial charge in [-0.05, 0) is 29.7 Å². The molecule has 0 fully saturated rings. The predicted molar refractivity (Wildman–Crippen MR) is 85.9 cm³/mol. The van der Waals surface area contributed by atoms with E-state index in [1.165, 1.54) is 0 Å². The van der Waals surface area contributed by atoms with Crippen LogP contribution in [0.4, 0.5) is 0 Å². The van der Waals surface area contributed by atoms with E-state index in [0.717, 1.165) is 22.5 Å². The molecule has 0 spiro atoms. The molecule has 2 aromatic rings. The third kappa shape index (κ3) is 3.17. The molecule has 0 saturated heterocycles. The van der Waals surface area contributed by atoms with Crippen molar-refractivity contribution >= 4 is 15.3 Å². The van der Waals surface area contributed by atoms with Crippen molar-refractivity contribution in [3.05, 3.63) is 71.6 Å². The van der Waals surface area contributed by atoms with E-state index in [4.69, 9.17) is 0 Å². The smallest absolute Gasteiger partial charge is 0.0969 e. The van der Waals surface area contributed by atoms with Crippen LogP contribution in [0.5, 0.6) is 0 Å². The Hall–Kier alpha value is -1.87. The van der Waals surface area contributed by atoms with Crippen molar-refractivity contribution in [2.75, 3.05) is 7.05 Å². The second-order valence-electron chi connectivity index (χ2n) is 4.43. The summed E-state index contributed by atoms with van der Waals surface area (Å²) in [6, 6.07) is 19.5. The summed E-state index contributed by atoms with van der Waals surface area (Å²) >= 11 is 0. The molecule has 0 aliphatic rings. The van der Waals surface area contributed by atoms with Crippen molar-refractivity contribution in [2.24, 2.45) is 4.36 Å². The highest BCUT2D eigenvalue weighted by Gasteiger charge is 2.10. The Morgan fingerprint density at radius 3 is 2.10 bits per heavy atom. The molecule has 3 heteroatoms. The Labute approximate surface area is 121 Å². The lowest BCUT2D eigenvalue weighted by atomic mass is 10.1. The van der Waals surface area contributed by atoms with Crippen LogP contribution >= 0.6 is 0 Å². The van der Waals surface area contributed by atoms with Crippen molar-refractivity contribution in [3.8, 4) is 0 Å². The summed E-state index contributed by atoms with van der Waals surface area (Å²) in [5, 5.41) is 1.82. The largest absolute Gasteiger partial charge is 0.240 e. The molecular weight excluding hydrogens is 266 g/mol. The first kappa shape index (κ1) is 14.5. The Bertz CT molecular complexity index is 696. The average Bonchev–Trinajstić information content (AvgIpc) is 2.54. The molecule has 1 atom stereocenters. The molecule has 2 rings (SSSR count). The zero-order valence-electron chi connectivity index (χ0n) is 11.8. The van der Waals surface area contributed by atoms with Gasteiger partial charge in [0.15, 0.2) is 0 Å². The van der Waals surface area contributed by atoms with Gasteiger partial charge in [-0.15, -0.1) is 0 Å². The van der Waals surface area contributed by atoms with Crippen molar-refractivity contribution in [1.82, 2.24) is 0 Å². The Morgan fingerprint density at radius 1 is 1.05 bits per heavy atom. The van der Waals surface area contributed by atoms with E-state index in [1.54, 1.807) is 7.05 Å². The number of benzene rings is 2. The fourth-order valence-corrected chi connectivity index (χ4v) is 3.73. The van der Waals surface area contributed by atoms with Gasteiger partial charge in [-0.3, -0.25) is 0 Å². The third-order valence-electron chi connectivity index (χ3n) is 3.18. The third-order valence-corrected chi connectivity index (χ3v) is 5.27. The molecule has 104 valence electrons. The second-order valence-corrected chi connectivity index (χ2v) is 6.64. The van der Waals surface area contributed by atoms with Crippen molar-refractivity contribution in [2.45, 2.75) is 18.2 Å². The molecule has 0 bridgehead atoms. The van der Waals surface area contributed by atoms with E-state index >= 15 is 0 Å². The predicted octanol–water partition coefficient (Wildman–Crippen LogP) is 4.59. The average molecular weight is 285 g/mol. The molecule has 0 N–H and O–H groups in total. The van der Waals surface area contributed by atoms with Crippen LogP contribution in [0.25, 0.3) is 5.57 Å². The zero-order chi connectivity index (χ0) is 14.4. The Morgan fingerprint density at radius 2 is 1.60 bits per heavy atom. The van der Waals surface area contributed by atoms with Gasteiger partial charge >= 0.3 is 0 Å². The summed E-state index contributed by atoms with van der Waals surface area (Å²) in [4.78, 5) is 0.754. The number of allylic oxidation sites excluding steroid dienone is 1. The number of hydrogen-bond donors (Lipinski definition) is 0. The minimum Gasteiger partial charge on any atom is -0.240 e. The monoisotopic (exact) mass is 285 g/mol. The van der Waals surface area contributed by atoms with E-state index in [1.807, 2.05) is 66.1 Å². The summed E-state index contributed by atoms with van der Waals surface area (Å²) in [6.07, 6.45) is 0.823. The lowest BCUT2D eigenvalue weighted by Crippen LogP contribution is -1.98. The first-order chi connectivity index (χ1) is 9.69. The number of hydrogen-bond acceptors (Lipinski definition) is 2. The maximum atomic E-state index is 13.1. The first-order valence-corrected chi connectivity index (χ1v) is 8.24. The molecular formula is C17H19NOS. The van der Waals surface area contributed by atoms with Gasteiger partial charge in [0.25, 0.3) is 0 Å². The molecule has 0 aromatic heterocycles. The minimum atomic E-state index is -2.50. The van der Waals surface area contributed by atoms with Crippen LogP contribution in [0.15, 0.2) is 75.3 Å². The molecule has 0 aliphatic carbocycles. The topological polar surface area (TPSA) is 29.4 Å². The number of rotatable bonds is 4. The normalized spacial score (nSPS) is 14.6. The molecule has 0 saturated carbocycles. The van der Waals surface area contributed by atoms with Gasteiger partial charge in [-0.1, -0.05) is 55.5 Å². The highest BCUT2D eigenvalue weighted by Crippen LogP contribution is 2.23. The van der Waals surface area contributed by atoms with Gasteiger partial charge in [0.2, 0.25) is 0 Å². The summed E-state index contributed by atoms with van der Waals surface area (Å²) in [7, 11) is -0.887. The van der Waals surface area contributed by atoms with Crippen molar-refractivity contribution < 1.29 is 4.21 Å². The molecule has 0 amide bonds. The SMILES string of the molecule is CC/C(=C/S(=O)(=NC)c1ccccc1)c1ccccc1. The van der Waals surface area contributed by atoms with Gasteiger partial charge in [-0.2, -0.15) is 0 Å². The van der Waals surface area contributed by atoms with Gasteiger partial charge in [-0.25, -0.2) is 8.57 Å². The second kappa shape index (κ2) is 6.53. The Kier molecular flexibility index (Phi) is 4.74. The van der Waals surface area contributed by atoms with E-state index in [2.05, 4.69) is 11.3 Å². The van der Waals surface area contributed by atoms with Crippen molar-refractivity contribution in [3.63, 3.8) is 0 Å². The molecule has 2 aromatic carbocycles. The van der Waals surface area contributed by atoms with Gasteiger partial charge < -0.3 is 0 Å². The summed E-state index contributed by atoms with van der Waals surface area (Å²) in [5.74, 6) is 0. The van der Waals surface area contributed by atoms with Gasteiger partial charge in [0.05, 0.1) is 14.6 Å². The molecule has 0 radical (unpaired) electrons. The van der Waals surface area contributed by atoms with Crippen LogP contribution in [0.2, 0.25) is 0 Å². The van der Waals surface area contributed by atoms with E-state index in [9.17, 15) is 4.21 Å². The summed E-state index contributed by atoms with van der Waals surface area (Å²) in [6.45, 7) is 2.07. The maximum Gasteiger partial charge on any atom is 0.0969 e. The van der Waals surface area contributed by atoms with Gasteiger partial charge in [0.1, 0.15) is 0 Å². The standard InChI is InChI=1S/C17H19NOS/c1-3-15(16-10-6-4-7-11-16)14-20(19,18-2)17-12-8-5-9-13-17/h4-14H,3H2,1-2H3/b15-14-. The quantitative estimate of drug-likeness (QED) is 0.807. The summed E-state index contributed by atoms with van der Waals surface area (Å²) < 4.78 is 17.2. The van der Waals surface area contributed by atoms with E-state index in [0.29, 0.717) is 0 Å². The zero-order valence-corrected chi connectivity index (χ0v) is 12.6. The van der Waals surface area contributed by atoms with Crippen LogP contribution in [0, 0.1) is 0 Å². The fraction of sp³-hybridized carbons (Fsp3) is 0.176. The summed E-state index contributed by atoms with van der Waals surface area (Å²) in [5.41, 5.74) is 2.16. The fourth-order valence-electron chi connectivity index (χ4n) is 2.04. The molecule has 2 nitrogen and oxygen atoms in total. The first-order valence-electron chi connectivity index (χ1n) is 6.66. The molecule has 20 heavy (non-hydrogen) atoms. The van der Waals surface area contributed by atoms with E-state index in [-0.39, 0.29) is 0 Å². The lowest BCUT2D eigenvalue weighted by molar-refractivity contribution is 0.682. The molecule has 0 aliphatic heterocycles. The van der Waals surface area contributed by atoms with Crippen LogP contribution in [-0.4, -0.2) is 11.3 Å². The van der Waals surface area contributed by atoms with Crippen molar-refractivity contribution in [1.29, 1.82) is 0 Å². The lowest BCUT2D eigenvalue weighted by Gasteiger charge is -2.09. The Balaban J connectivity index is 2.53. The van der Waals surface area contributed by atoms with Crippen LogP contribution in [-0.2, 0) is 9.73 Å². The molecule has 1 unspecified atom stereocenters. The van der Waals surface area contributed by atoms with Crippen LogP contribution < -0.4 is 0 Å². The molecule has 0 heterocycles. The van der Waals surface area contributed by atoms with Gasteiger partial charge in [0, 0.05) is 12.5 Å². The maximum absolute atomic E-state index is 13.1. The highest BCUT2D eigenvalue weighted by atomic mass is 32.2. The van der Waals surface area contributed by atoms with Crippen LogP contribution in [0.1, 0.15) is 18.9 Å². The minimum absolute atomic E-state index is 0.754. The van der Waals surface area contributed by atoms with Crippen LogP contribution in [0.3, 0.4) is 0 Å². The number of nitrogens with zero attached hydrogens (tertiary/aromatic N) is 1. The highest BCUT2D eigenvalue weighted by molar-refractivity contribution is 7.96.